The largest absolute Gasteiger partial charge is 0.444 e. The van der Waals surface area contributed by atoms with Crippen LogP contribution in [0.2, 0.25) is 0 Å². The zero-order chi connectivity index (χ0) is 17.7. The predicted octanol–water partition coefficient (Wildman–Crippen LogP) is 4.11. The van der Waals surface area contributed by atoms with Gasteiger partial charge in [-0.25, -0.2) is 17.8 Å². The van der Waals surface area contributed by atoms with Gasteiger partial charge in [0.15, 0.2) is 9.84 Å². The van der Waals surface area contributed by atoms with Crippen molar-refractivity contribution >= 4 is 15.9 Å². The molecule has 0 radical (unpaired) electrons. The summed E-state index contributed by atoms with van der Waals surface area (Å²) in [5.41, 5.74) is 1.86. The molecule has 0 aliphatic rings. The Morgan fingerprint density at radius 3 is 2.48 bits per heavy atom. The molecular weight excluding hydrogens is 341 g/mol. The number of nitrogens with zero attached hydrogens (tertiary/aromatic N) is 1. The molecule has 0 bridgehead atoms. The van der Waals surface area contributed by atoms with Crippen LogP contribution in [0.25, 0.3) is 17.5 Å². The lowest BCUT2D eigenvalue weighted by Gasteiger charge is -1.98. The Labute approximate surface area is 145 Å². The van der Waals surface area contributed by atoms with Crippen molar-refractivity contribution in [3.63, 3.8) is 0 Å². The van der Waals surface area contributed by atoms with Crippen molar-refractivity contribution in [2.75, 3.05) is 5.75 Å². The molecule has 6 heteroatoms. The van der Waals surface area contributed by atoms with Crippen LogP contribution < -0.4 is 0 Å². The second kappa shape index (κ2) is 7.44. The molecule has 1 aromatic heterocycles. The lowest BCUT2D eigenvalue weighted by Crippen LogP contribution is -2.07. The molecule has 25 heavy (non-hydrogen) atoms. The molecular formula is C19H16FNO3S. The van der Waals surface area contributed by atoms with Crippen LogP contribution in [0, 0.1) is 5.82 Å². The van der Waals surface area contributed by atoms with Gasteiger partial charge in [0.2, 0.25) is 5.89 Å². The highest BCUT2D eigenvalue weighted by Crippen LogP contribution is 2.20. The Bertz CT molecular complexity index is 961. The van der Waals surface area contributed by atoms with E-state index in [4.69, 9.17) is 4.42 Å². The van der Waals surface area contributed by atoms with Gasteiger partial charge in [-0.3, -0.25) is 0 Å². The quantitative estimate of drug-likeness (QED) is 0.666. The van der Waals surface area contributed by atoms with Crippen molar-refractivity contribution < 1.29 is 17.2 Å². The van der Waals surface area contributed by atoms with Crippen molar-refractivity contribution in [1.29, 1.82) is 0 Å². The molecule has 128 valence electrons. The lowest BCUT2D eigenvalue weighted by molar-refractivity contribution is 0.571. The fourth-order valence-corrected chi connectivity index (χ4v) is 3.37. The zero-order valence-electron chi connectivity index (χ0n) is 13.3. The van der Waals surface area contributed by atoms with Gasteiger partial charge >= 0.3 is 0 Å². The molecule has 0 amide bonds. The van der Waals surface area contributed by atoms with Crippen molar-refractivity contribution in [1.82, 2.24) is 4.98 Å². The van der Waals surface area contributed by atoms with Crippen molar-refractivity contribution in [2.24, 2.45) is 0 Å². The second-order valence-corrected chi connectivity index (χ2v) is 7.63. The van der Waals surface area contributed by atoms with Gasteiger partial charge in [0.1, 0.15) is 12.1 Å². The minimum Gasteiger partial charge on any atom is -0.444 e. The van der Waals surface area contributed by atoms with Crippen LogP contribution in [0.3, 0.4) is 0 Å². The highest BCUT2D eigenvalue weighted by atomic mass is 32.2. The average molecular weight is 357 g/mol. The highest BCUT2D eigenvalue weighted by molar-refractivity contribution is 7.90. The Hall–Kier alpha value is -2.73. The van der Waals surface area contributed by atoms with E-state index in [1.807, 2.05) is 30.3 Å². The van der Waals surface area contributed by atoms with Crippen LogP contribution in [-0.4, -0.2) is 19.2 Å². The number of hydrogen-bond acceptors (Lipinski definition) is 4. The monoisotopic (exact) mass is 357 g/mol. The Kier molecular flexibility index (Phi) is 5.09. The SMILES string of the molecule is O=S(=O)(C/C=C/c1ccccc1)Cc1coc(-c2ccc(F)cc2)n1. The molecule has 0 fully saturated rings. The van der Waals surface area contributed by atoms with E-state index in [1.165, 1.54) is 30.5 Å². The van der Waals surface area contributed by atoms with Gasteiger partial charge in [-0.2, -0.15) is 0 Å². The maximum atomic E-state index is 12.9. The third kappa shape index (κ3) is 4.87. The molecule has 0 atom stereocenters. The summed E-state index contributed by atoms with van der Waals surface area (Å²) in [7, 11) is -3.35. The summed E-state index contributed by atoms with van der Waals surface area (Å²) in [5, 5.41) is 0. The third-order valence-electron chi connectivity index (χ3n) is 3.47. The van der Waals surface area contributed by atoms with Crippen molar-refractivity contribution in [3.05, 3.63) is 84.0 Å². The van der Waals surface area contributed by atoms with Gasteiger partial charge < -0.3 is 4.42 Å². The topological polar surface area (TPSA) is 60.2 Å². The number of halogens is 1. The number of oxazole rings is 1. The van der Waals surface area contributed by atoms with E-state index in [0.29, 0.717) is 11.3 Å². The van der Waals surface area contributed by atoms with Crippen LogP contribution in [0.5, 0.6) is 0 Å². The summed E-state index contributed by atoms with van der Waals surface area (Å²) in [6.07, 6.45) is 4.70. The number of rotatable bonds is 6. The van der Waals surface area contributed by atoms with Crippen LogP contribution >= 0.6 is 0 Å². The first-order valence-corrected chi connectivity index (χ1v) is 9.46. The smallest absolute Gasteiger partial charge is 0.226 e. The Morgan fingerprint density at radius 2 is 1.76 bits per heavy atom. The zero-order valence-corrected chi connectivity index (χ0v) is 14.1. The summed E-state index contributed by atoms with van der Waals surface area (Å²) in [6.45, 7) is 0. The maximum Gasteiger partial charge on any atom is 0.226 e. The molecule has 0 unspecified atom stereocenters. The number of hydrogen-bond donors (Lipinski definition) is 0. The molecule has 3 rings (SSSR count). The van der Waals surface area contributed by atoms with E-state index in [2.05, 4.69) is 4.98 Å². The molecule has 0 aliphatic carbocycles. The fourth-order valence-electron chi connectivity index (χ4n) is 2.28. The summed E-state index contributed by atoms with van der Waals surface area (Å²) in [6, 6.07) is 15.1. The van der Waals surface area contributed by atoms with E-state index in [0.717, 1.165) is 5.56 Å². The normalized spacial score (nSPS) is 11.9. The lowest BCUT2D eigenvalue weighted by atomic mass is 10.2. The summed E-state index contributed by atoms with van der Waals surface area (Å²) in [5.74, 6) is -0.384. The van der Waals surface area contributed by atoms with E-state index in [1.54, 1.807) is 12.2 Å². The molecule has 0 spiro atoms. The van der Waals surface area contributed by atoms with Crippen LogP contribution in [-0.2, 0) is 15.6 Å². The van der Waals surface area contributed by atoms with Gasteiger partial charge in [0.05, 0.1) is 17.2 Å². The van der Waals surface area contributed by atoms with Gasteiger partial charge in [0.25, 0.3) is 0 Å². The number of aromatic nitrogens is 1. The minimum atomic E-state index is -3.35. The van der Waals surface area contributed by atoms with Crippen LogP contribution in [0.4, 0.5) is 4.39 Å². The van der Waals surface area contributed by atoms with Crippen molar-refractivity contribution in [2.45, 2.75) is 5.75 Å². The second-order valence-electron chi connectivity index (χ2n) is 5.52. The average Bonchev–Trinajstić information content (AvgIpc) is 3.04. The standard InChI is InChI=1S/C19H16FNO3S/c20-17-10-8-16(9-11-17)19-21-18(13-24-19)14-25(22,23)12-4-7-15-5-2-1-3-6-15/h1-11,13H,12,14H2/b7-4+. The highest BCUT2D eigenvalue weighted by Gasteiger charge is 2.15. The van der Waals surface area contributed by atoms with Gasteiger partial charge in [-0.05, 0) is 29.8 Å². The Balaban J connectivity index is 1.65. The van der Waals surface area contributed by atoms with E-state index in [-0.39, 0.29) is 23.2 Å². The van der Waals surface area contributed by atoms with Gasteiger partial charge in [0, 0.05) is 5.56 Å². The Morgan fingerprint density at radius 1 is 1.04 bits per heavy atom. The number of sulfone groups is 1. The molecule has 0 saturated heterocycles. The molecule has 0 aliphatic heterocycles. The number of benzene rings is 2. The first-order chi connectivity index (χ1) is 12.0. The third-order valence-corrected chi connectivity index (χ3v) is 4.91. The first kappa shape index (κ1) is 17.1. The first-order valence-electron chi connectivity index (χ1n) is 7.64. The summed E-state index contributed by atoms with van der Waals surface area (Å²) < 4.78 is 42.6. The van der Waals surface area contributed by atoms with Crippen molar-refractivity contribution in [3.8, 4) is 11.5 Å². The van der Waals surface area contributed by atoms with Crippen LogP contribution in [0.15, 0.2) is 71.4 Å². The summed E-state index contributed by atoms with van der Waals surface area (Å²) in [4.78, 5) is 4.17. The predicted molar refractivity (Wildman–Crippen MR) is 94.9 cm³/mol. The van der Waals surface area contributed by atoms with E-state index in [9.17, 15) is 12.8 Å². The van der Waals surface area contributed by atoms with Gasteiger partial charge in [-0.1, -0.05) is 42.5 Å². The minimum absolute atomic E-state index is 0.0827. The molecule has 0 N–H and O–H groups in total. The maximum absolute atomic E-state index is 12.9. The molecule has 0 saturated carbocycles. The molecule has 1 heterocycles. The molecule has 2 aromatic carbocycles. The van der Waals surface area contributed by atoms with E-state index >= 15 is 0 Å². The fraction of sp³-hybridized carbons (Fsp3) is 0.105. The summed E-state index contributed by atoms with van der Waals surface area (Å²) >= 11 is 0. The van der Waals surface area contributed by atoms with Gasteiger partial charge in [-0.15, -0.1) is 0 Å². The molecule has 3 aromatic rings. The van der Waals surface area contributed by atoms with Crippen LogP contribution in [0.1, 0.15) is 11.3 Å². The molecule has 4 nitrogen and oxygen atoms in total. The van der Waals surface area contributed by atoms with E-state index < -0.39 is 9.84 Å².